The van der Waals surface area contributed by atoms with Crippen molar-refractivity contribution in [2.45, 2.75) is 187 Å². The first-order valence-electron chi connectivity index (χ1n) is 15.5. The summed E-state index contributed by atoms with van der Waals surface area (Å²) < 4.78 is 0. The fraction of sp³-hybridized carbons (Fsp3) is 1.00. The van der Waals surface area contributed by atoms with Crippen LogP contribution in [0.25, 0.3) is 0 Å². The number of aliphatic hydroxyl groups is 1. The second-order valence-electron chi connectivity index (χ2n) is 10.8. The van der Waals surface area contributed by atoms with Crippen molar-refractivity contribution in [2.24, 2.45) is 5.92 Å². The highest BCUT2D eigenvalue weighted by Crippen LogP contribution is 2.19. The van der Waals surface area contributed by atoms with Gasteiger partial charge in [0.2, 0.25) is 0 Å². The predicted molar refractivity (Wildman–Crippen MR) is 147 cm³/mol. The molecule has 1 N–H and O–H groups in total. The van der Waals surface area contributed by atoms with Crippen LogP contribution < -0.4 is 0 Å². The third-order valence-corrected chi connectivity index (χ3v) is 7.44. The van der Waals surface area contributed by atoms with Crippen LogP contribution in [0, 0.1) is 5.92 Å². The molecule has 0 aromatic heterocycles. The summed E-state index contributed by atoms with van der Waals surface area (Å²) in [5.74, 6) is 0.575. The van der Waals surface area contributed by atoms with E-state index in [-0.39, 0.29) is 0 Å². The first-order valence-corrected chi connectivity index (χ1v) is 15.5. The second-order valence-corrected chi connectivity index (χ2v) is 10.8. The Labute approximate surface area is 204 Å². The van der Waals surface area contributed by atoms with Crippen LogP contribution in [0.15, 0.2) is 0 Å². The van der Waals surface area contributed by atoms with Gasteiger partial charge in [-0.15, -0.1) is 0 Å². The summed E-state index contributed by atoms with van der Waals surface area (Å²) in [6, 6.07) is 0. The van der Waals surface area contributed by atoms with E-state index in [4.69, 9.17) is 0 Å². The number of aliphatic hydroxyl groups excluding tert-OH is 1. The molecule has 0 fully saturated rings. The molecular formula is C31H64O. The first kappa shape index (κ1) is 32.0. The van der Waals surface area contributed by atoms with Gasteiger partial charge in [0.15, 0.2) is 0 Å². The average Bonchev–Trinajstić information content (AvgIpc) is 2.81. The fourth-order valence-electron chi connectivity index (χ4n) is 5.05. The molecule has 0 aliphatic rings. The Morgan fingerprint density at radius 1 is 0.344 bits per heavy atom. The number of hydrogen-bond acceptors (Lipinski definition) is 1. The monoisotopic (exact) mass is 452 g/mol. The van der Waals surface area contributed by atoms with Crippen molar-refractivity contribution < 1.29 is 5.11 Å². The molecule has 1 atom stereocenters. The van der Waals surface area contributed by atoms with Crippen molar-refractivity contribution in [3.63, 3.8) is 0 Å². The fourth-order valence-corrected chi connectivity index (χ4v) is 5.05. The van der Waals surface area contributed by atoms with Crippen molar-refractivity contribution in [1.82, 2.24) is 0 Å². The Morgan fingerprint density at radius 2 is 0.562 bits per heavy atom. The largest absolute Gasteiger partial charge is 0.396 e. The lowest BCUT2D eigenvalue weighted by molar-refractivity contribution is 0.204. The highest BCUT2D eigenvalue weighted by Gasteiger charge is 2.07. The number of unbranched alkanes of at least 4 members (excludes halogenated alkanes) is 23. The van der Waals surface area contributed by atoms with E-state index < -0.39 is 0 Å². The molecule has 0 bridgehead atoms. The van der Waals surface area contributed by atoms with Crippen LogP contribution in [-0.2, 0) is 0 Å². The normalized spacial score (nSPS) is 12.5. The van der Waals surface area contributed by atoms with Gasteiger partial charge in [0, 0.05) is 6.61 Å². The summed E-state index contributed by atoms with van der Waals surface area (Å²) in [6.45, 7) is 5.00. The minimum absolute atomic E-state index is 0.413. The van der Waals surface area contributed by atoms with Crippen LogP contribution in [0.3, 0.4) is 0 Å². The summed E-state index contributed by atoms with van der Waals surface area (Å²) in [4.78, 5) is 0. The van der Waals surface area contributed by atoms with E-state index in [1.165, 1.54) is 173 Å². The molecule has 1 nitrogen and oxygen atoms in total. The number of hydrogen-bond donors (Lipinski definition) is 1. The van der Waals surface area contributed by atoms with Gasteiger partial charge >= 0.3 is 0 Å². The van der Waals surface area contributed by atoms with E-state index >= 15 is 0 Å². The molecule has 0 aliphatic heterocycles. The summed E-state index contributed by atoms with van der Waals surface area (Å²) in [5, 5.41) is 9.69. The van der Waals surface area contributed by atoms with Gasteiger partial charge in [-0.3, -0.25) is 0 Å². The summed E-state index contributed by atoms with van der Waals surface area (Å²) >= 11 is 0. The highest BCUT2D eigenvalue weighted by molar-refractivity contribution is 4.60. The quantitative estimate of drug-likeness (QED) is 0.117. The Morgan fingerprint density at radius 3 is 0.781 bits per heavy atom. The van der Waals surface area contributed by atoms with Gasteiger partial charge in [0.05, 0.1) is 0 Å². The maximum atomic E-state index is 9.69. The predicted octanol–water partition coefficient (Wildman–Crippen LogP) is 11.2. The van der Waals surface area contributed by atoms with Gasteiger partial charge in [-0.2, -0.15) is 0 Å². The Balaban J connectivity index is 3.26. The molecule has 0 amide bonds. The molecule has 0 aromatic rings. The van der Waals surface area contributed by atoms with Gasteiger partial charge in [-0.25, -0.2) is 0 Å². The van der Waals surface area contributed by atoms with Crippen molar-refractivity contribution in [3.05, 3.63) is 0 Å². The van der Waals surface area contributed by atoms with Crippen molar-refractivity contribution >= 4 is 0 Å². The van der Waals surface area contributed by atoms with Gasteiger partial charge < -0.3 is 5.11 Å². The molecule has 0 aromatic carbocycles. The van der Waals surface area contributed by atoms with Crippen LogP contribution in [0.5, 0.6) is 0 Å². The zero-order valence-electron chi connectivity index (χ0n) is 22.8. The van der Waals surface area contributed by atoms with Gasteiger partial charge in [-0.05, 0) is 18.8 Å². The van der Waals surface area contributed by atoms with Gasteiger partial charge in [0.1, 0.15) is 0 Å². The van der Waals surface area contributed by atoms with E-state index in [9.17, 15) is 5.11 Å². The van der Waals surface area contributed by atoms with Gasteiger partial charge in [0.25, 0.3) is 0 Å². The van der Waals surface area contributed by atoms with Gasteiger partial charge in [-0.1, -0.05) is 174 Å². The summed E-state index contributed by atoms with van der Waals surface area (Å²) in [5.41, 5.74) is 0. The molecule has 1 heteroatoms. The molecule has 194 valence electrons. The summed E-state index contributed by atoms with van der Waals surface area (Å²) in [6.07, 6.45) is 38.1. The zero-order valence-corrected chi connectivity index (χ0v) is 22.8. The van der Waals surface area contributed by atoms with Crippen LogP contribution in [0.1, 0.15) is 187 Å². The molecule has 0 radical (unpaired) electrons. The van der Waals surface area contributed by atoms with E-state index in [1.54, 1.807) is 0 Å². The SMILES string of the molecule is CCCCCCCCCCCCCCCC(CO)CCCCCCCCCCCCCC. The highest BCUT2D eigenvalue weighted by atomic mass is 16.3. The van der Waals surface area contributed by atoms with E-state index in [0.717, 1.165) is 0 Å². The molecule has 1 unspecified atom stereocenters. The molecule has 0 rings (SSSR count). The lowest BCUT2D eigenvalue weighted by atomic mass is 9.94. The minimum Gasteiger partial charge on any atom is -0.396 e. The topological polar surface area (TPSA) is 20.2 Å². The Kier molecular flexibility index (Phi) is 29.0. The first-order chi connectivity index (χ1) is 15.8. The Hall–Kier alpha value is -0.0400. The standard InChI is InChI=1S/C31H64O/c1-3-5-7-9-11-13-15-17-19-21-23-25-27-29-31(30-32)28-26-24-22-20-18-16-14-12-10-8-6-4-2/h31-32H,3-30H2,1-2H3. The maximum Gasteiger partial charge on any atom is 0.0459 e. The maximum absolute atomic E-state index is 9.69. The Bertz CT molecular complexity index is 314. The van der Waals surface area contributed by atoms with Crippen molar-refractivity contribution in [2.75, 3.05) is 6.61 Å². The van der Waals surface area contributed by atoms with Crippen molar-refractivity contribution in [3.8, 4) is 0 Å². The van der Waals surface area contributed by atoms with Crippen LogP contribution in [-0.4, -0.2) is 11.7 Å². The van der Waals surface area contributed by atoms with E-state index in [1.807, 2.05) is 0 Å². The van der Waals surface area contributed by atoms with Crippen LogP contribution >= 0.6 is 0 Å². The molecule has 0 saturated carbocycles. The van der Waals surface area contributed by atoms with Crippen LogP contribution in [0.2, 0.25) is 0 Å². The number of rotatable bonds is 28. The van der Waals surface area contributed by atoms with E-state index in [0.29, 0.717) is 12.5 Å². The summed E-state index contributed by atoms with van der Waals surface area (Å²) in [7, 11) is 0. The molecule has 0 heterocycles. The second kappa shape index (κ2) is 29.0. The molecular weight excluding hydrogens is 388 g/mol. The molecule has 0 aliphatic carbocycles. The van der Waals surface area contributed by atoms with E-state index in [2.05, 4.69) is 13.8 Å². The minimum atomic E-state index is 0.413. The lowest BCUT2D eigenvalue weighted by Gasteiger charge is -2.13. The lowest BCUT2D eigenvalue weighted by Crippen LogP contribution is -2.06. The molecule has 0 saturated heterocycles. The molecule has 0 spiro atoms. The van der Waals surface area contributed by atoms with Crippen molar-refractivity contribution in [1.29, 1.82) is 0 Å². The third-order valence-electron chi connectivity index (χ3n) is 7.44. The third kappa shape index (κ3) is 26.2. The zero-order chi connectivity index (χ0) is 23.4. The smallest absolute Gasteiger partial charge is 0.0459 e. The van der Waals surface area contributed by atoms with Crippen LogP contribution in [0.4, 0.5) is 0 Å². The molecule has 32 heavy (non-hydrogen) atoms. The average molecular weight is 453 g/mol.